The maximum atomic E-state index is 11.7. The fourth-order valence-electron chi connectivity index (χ4n) is 2.73. The molecule has 106 valence electrons. The van der Waals surface area contributed by atoms with Gasteiger partial charge in [0, 0.05) is 51.1 Å². The largest absolute Gasteiger partial charge is 0.314 e. The number of rotatable bonds is 3. The third-order valence-electron chi connectivity index (χ3n) is 3.90. The lowest BCUT2D eigenvalue weighted by Gasteiger charge is -2.27. The number of nitrogens with one attached hydrogen (secondary N) is 1. The van der Waals surface area contributed by atoms with Crippen molar-refractivity contribution in [3.05, 3.63) is 56.4 Å². The van der Waals surface area contributed by atoms with Crippen molar-refractivity contribution in [2.45, 2.75) is 19.5 Å². The van der Waals surface area contributed by atoms with Crippen molar-refractivity contribution in [1.29, 1.82) is 0 Å². The summed E-state index contributed by atoms with van der Waals surface area (Å²) in [4.78, 5) is 25.6. The molecule has 0 saturated heterocycles. The molecule has 0 fully saturated rings. The van der Waals surface area contributed by atoms with Crippen LogP contribution in [0.15, 0.2) is 34.0 Å². The van der Waals surface area contributed by atoms with Crippen molar-refractivity contribution in [2.24, 2.45) is 7.05 Å². The van der Waals surface area contributed by atoms with Crippen molar-refractivity contribution in [3.8, 4) is 0 Å². The summed E-state index contributed by atoms with van der Waals surface area (Å²) >= 11 is 0. The van der Waals surface area contributed by atoms with Gasteiger partial charge in [-0.25, -0.2) is 0 Å². The van der Waals surface area contributed by atoms with E-state index in [0.717, 1.165) is 37.3 Å². The molecule has 1 N–H and O–H groups in total. The van der Waals surface area contributed by atoms with Gasteiger partial charge in [0.25, 0.3) is 11.1 Å². The number of fused-ring (bicyclic) bond motifs is 1. The molecule has 0 unspecified atom stereocenters. The highest BCUT2D eigenvalue weighted by Crippen LogP contribution is 2.14. The lowest BCUT2D eigenvalue weighted by molar-refractivity contribution is 0.236. The first-order valence-corrected chi connectivity index (χ1v) is 6.80. The third kappa shape index (κ3) is 2.34. The summed E-state index contributed by atoms with van der Waals surface area (Å²) in [6.07, 6.45) is 2.58. The number of H-pyrrole nitrogens is 1. The summed E-state index contributed by atoms with van der Waals surface area (Å²) < 4.78 is 3.52. The SMILES string of the molecule is Cn1[nH]c(=O)c2c1CN(CCn1ccccc1=O)CC2. The van der Waals surface area contributed by atoms with Gasteiger partial charge in [0.15, 0.2) is 0 Å². The Bertz CT molecular complexity index is 725. The van der Waals surface area contributed by atoms with Crippen LogP contribution in [0.5, 0.6) is 0 Å². The molecule has 0 aromatic carbocycles. The minimum Gasteiger partial charge on any atom is -0.314 e. The van der Waals surface area contributed by atoms with Gasteiger partial charge in [-0.3, -0.25) is 24.3 Å². The second kappa shape index (κ2) is 5.13. The molecule has 6 heteroatoms. The molecule has 0 radical (unpaired) electrons. The zero-order valence-corrected chi connectivity index (χ0v) is 11.5. The smallest absolute Gasteiger partial charge is 0.267 e. The monoisotopic (exact) mass is 274 g/mol. The Hall–Kier alpha value is -2.08. The second-order valence-electron chi connectivity index (χ2n) is 5.18. The molecule has 1 aliphatic rings. The fraction of sp³-hybridized carbons (Fsp3) is 0.429. The van der Waals surface area contributed by atoms with Crippen LogP contribution in [-0.4, -0.2) is 32.3 Å². The van der Waals surface area contributed by atoms with Gasteiger partial charge < -0.3 is 4.57 Å². The quantitative estimate of drug-likeness (QED) is 0.852. The first-order chi connectivity index (χ1) is 9.65. The number of pyridine rings is 1. The van der Waals surface area contributed by atoms with E-state index < -0.39 is 0 Å². The molecular weight excluding hydrogens is 256 g/mol. The van der Waals surface area contributed by atoms with Crippen molar-refractivity contribution < 1.29 is 0 Å². The Labute approximate surface area is 116 Å². The summed E-state index contributed by atoms with van der Waals surface area (Å²) in [5.41, 5.74) is 2.02. The molecule has 3 rings (SSSR count). The molecule has 2 aromatic rings. The van der Waals surface area contributed by atoms with E-state index in [1.54, 1.807) is 21.4 Å². The van der Waals surface area contributed by atoms with Gasteiger partial charge in [0.2, 0.25) is 0 Å². The minimum atomic E-state index is 0.0271. The number of nitrogens with zero attached hydrogens (tertiary/aromatic N) is 3. The van der Waals surface area contributed by atoms with E-state index in [4.69, 9.17) is 0 Å². The Balaban J connectivity index is 1.69. The number of aryl methyl sites for hydroxylation is 1. The van der Waals surface area contributed by atoms with Crippen LogP contribution < -0.4 is 11.1 Å². The molecule has 0 saturated carbocycles. The lowest BCUT2D eigenvalue weighted by Crippen LogP contribution is -2.36. The van der Waals surface area contributed by atoms with Gasteiger partial charge in [-0.05, 0) is 12.5 Å². The molecule has 1 aliphatic heterocycles. The molecule has 0 amide bonds. The molecular formula is C14H18N4O2. The van der Waals surface area contributed by atoms with Crippen LogP contribution in [0.2, 0.25) is 0 Å². The normalized spacial score (nSPS) is 15.2. The van der Waals surface area contributed by atoms with Crippen molar-refractivity contribution >= 4 is 0 Å². The van der Waals surface area contributed by atoms with Gasteiger partial charge in [-0.2, -0.15) is 0 Å². The van der Waals surface area contributed by atoms with Gasteiger partial charge in [0.05, 0.1) is 5.69 Å². The summed E-state index contributed by atoms with van der Waals surface area (Å²) in [7, 11) is 1.87. The Morgan fingerprint density at radius 3 is 2.90 bits per heavy atom. The minimum absolute atomic E-state index is 0.0271. The van der Waals surface area contributed by atoms with Gasteiger partial charge in [-0.15, -0.1) is 0 Å². The van der Waals surface area contributed by atoms with Crippen LogP contribution in [0, 0.1) is 0 Å². The zero-order chi connectivity index (χ0) is 14.1. The van der Waals surface area contributed by atoms with Crippen LogP contribution in [0.4, 0.5) is 0 Å². The third-order valence-corrected chi connectivity index (χ3v) is 3.90. The summed E-state index contributed by atoms with van der Waals surface area (Å²) in [5, 5.41) is 2.80. The van der Waals surface area contributed by atoms with E-state index in [2.05, 4.69) is 10.00 Å². The second-order valence-corrected chi connectivity index (χ2v) is 5.18. The fourth-order valence-corrected chi connectivity index (χ4v) is 2.73. The average Bonchev–Trinajstić information content (AvgIpc) is 2.73. The van der Waals surface area contributed by atoms with Crippen LogP contribution in [-0.2, 0) is 26.6 Å². The molecule has 3 heterocycles. The number of hydrogen-bond acceptors (Lipinski definition) is 3. The van der Waals surface area contributed by atoms with Crippen LogP contribution in [0.25, 0.3) is 0 Å². The summed E-state index contributed by atoms with van der Waals surface area (Å²) in [6.45, 7) is 3.10. The predicted octanol–water partition coefficient (Wildman–Crippen LogP) is -0.0666. The Morgan fingerprint density at radius 2 is 2.10 bits per heavy atom. The van der Waals surface area contributed by atoms with E-state index in [9.17, 15) is 9.59 Å². The maximum Gasteiger partial charge on any atom is 0.267 e. The summed E-state index contributed by atoms with van der Waals surface area (Å²) in [6, 6.07) is 5.19. The van der Waals surface area contributed by atoms with Crippen molar-refractivity contribution in [2.75, 3.05) is 13.1 Å². The number of hydrogen-bond donors (Lipinski definition) is 1. The van der Waals surface area contributed by atoms with E-state index in [1.807, 2.05) is 19.3 Å². The van der Waals surface area contributed by atoms with E-state index in [1.165, 1.54) is 0 Å². The predicted molar refractivity (Wildman–Crippen MR) is 75.7 cm³/mol. The Morgan fingerprint density at radius 1 is 1.25 bits per heavy atom. The maximum absolute atomic E-state index is 11.7. The highest BCUT2D eigenvalue weighted by Gasteiger charge is 2.21. The lowest BCUT2D eigenvalue weighted by atomic mass is 10.1. The molecule has 0 atom stereocenters. The topological polar surface area (TPSA) is 63.0 Å². The molecule has 2 aromatic heterocycles. The Kier molecular flexibility index (Phi) is 3.31. The molecule has 0 bridgehead atoms. The average molecular weight is 274 g/mol. The van der Waals surface area contributed by atoms with Gasteiger partial charge in [0.1, 0.15) is 0 Å². The van der Waals surface area contributed by atoms with Crippen LogP contribution in [0.3, 0.4) is 0 Å². The highest BCUT2D eigenvalue weighted by atomic mass is 16.1. The number of aromatic amines is 1. The zero-order valence-electron chi connectivity index (χ0n) is 11.5. The molecule has 0 aliphatic carbocycles. The van der Waals surface area contributed by atoms with E-state index in [0.29, 0.717) is 6.54 Å². The molecule has 6 nitrogen and oxygen atoms in total. The highest BCUT2D eigenvalue weighted by molar-refractivity contribution is 5.20. The molecule has 0 spiro atoms. The van der Waals surface area contributed by atoms with Crippen molar-refractivity contribution in [3.63, 3.8) is 0 Å². The molecule has 20 heavy (non-hydrogen) atoms. The van der Waals surface area contributed by atoms with Crippen molar-refractivity contribution in [1.82, 2.24) is 19.2 Å². The van der Waals surface area contributed by atoms with Crippen LogP contribution in [0.1, 0.15) is 11.3 Å². The standard InChI is InChI=1S/C14H18N4O2/c1-16-12-10-17(7-5-11(12)14(20)15-16)8-9-18-6-3-2-4-13(18)19/h2-4,6H,5,7-10H2,1H3,(H,15,20). The van der Waals surface area contributed by atoms with Crippen LogP contribution >= 0.6 is 0 Å². The van der Waals surface area contributed by atoms with E-state index in [-0.39, 0.29) is 11.1 Å². The first-order valence-electron chi connectivity index (χ1n) is 6.80. The van der Waals surface area contributed by atoms with E-state index >= 15 is 0 Å². The van der Waals surface area contributed by atoms with Gasteiger partial charge >= 0.3 is 0 Å². The first kappa shape index (κ1) is 12.9. The number of aromatic nitrogens is 3. The van der Waals surface area contributed by atoms with Gasteiger partial charge in [-0.1, -0.05) is 6.07 Å². The summed E-state index contributed by atoms with van der Waals surface area (Å²) in [5.74, 6) is 0.